The van der Waals surface area contributed by atoms with E-state index in [0.717, 1.165) is 28.3 Å². The molecule has 1 aromatic carbocycles. The molecule has 0 amide bonds. The van der Waals surface area contributed by atoms with Gasteiger partial charge in [-0.2, -0.15) is 0 Å². The van der Waals surface area contributed by atoms with Gasteiger partial charge in [-0.25, -0.2) is 0 Å². The standard InChI is InChI=1S/C14H18N2O3S/c1-10-4-2-3-5-13(10)19-8-12(17)7-15-6-11-9-20-14(18)16-11/h2-5,9,12,15,17H,6-8H2,1H3,(H,16,18). The number of benzene rings is 1. The fraction of sp³-hybridized carbons (Fsp3) is 0.357. The van der Waals surface area contributed by atoms with Crippen molar-refractivity contribution in [2.24, 2.45) is 0 Å². The van der Waals surface area contributed by atoms with Crippen LogP contribution in [0.4, 0.5) is 0 Å². The maximum Gasteiger partial charge on any atom is 0.304 e. The number of rotatable bonds is 7. The second-order valence-corrected chi connectivity index (χ2v) is 5.38. The first kappa shape index (κ1) is 14.8. The molecule has 0 saturated carbocycles. The van der Waals surface area contributed by atoms with Crippen LogP contribution in [0, 0.1) is 6.92 Å². The Bertz CT molecular complexity index is 594. The zero-order valence-electron chi connectivity index (χ0n) is 11.3. The Kier molecular flexibility index (Phi) is 5.34. The lowest BCUT2D eigenvalue weighted by molar-refractivity contribution is 0.106. The van der Waals surface area contributed by atoms with Gasteiger partial charge in [0, 0.05) is 24.2 Å². The second kappa shape index (κ2) is 7.23. The van der Waals surface area contributed by atoms with E-state index < -0.39 is 6.10 Å². The van der Waals surface area contributed by atoms with Gasteiger partial charge in [0.15, 0.2) is 0 Å². The van der Waals surface area contributed by atoms with E-state index in [9.17, 15) is 9.90 Å². The summed E-state index contributed by atoms with van der Waals surface area (Å²) in [6.07, 6.45) is -0.597. The van der Waals surface area contributed by atoms with Crippen molar-refractivity contribution < 1.29 is 9.84 Å². The minimum absolute atomic E-state index is 0.0646. The predicted octanol–water partition coefficient (Wildman–Crippen LogP) is 1.27. The van der Waals surface area contributed by atoms with Crippen molar-refractivity contribution in [2.45, 2.75) is 19.6 Å². The van der Waals surface area contributed by atoms with Gasteiger partial charge in [0.25, 0.3) is 0 Å². The van der Waals surface area contributed by atoms with Gasteiger partial charge in [0.05, 0.1) is 0 Å². The van der Waals surface area contributed by atoms with Gasteiger partial charge in [-0.3, -0.25) is 4.79 Å². The van der Waals surface area contributed by atoms with Gasteiger partial charge in [0.2, 0.25) is 0 Å². The van der Waals surface area contributed by atoms with Crippen molar-refractivity contribution >= 4 is 11.3 Å². The molecule has 0 spiro atoms. The summed E-state index contributed by atoms with van der Waals surface area (Å²) in [7, 11) is 0. The third kappa shape index (κ3) is 4.48. The predicted molar refractivity (Wildman–Crippen MR) is 79.3 cm³/mol. The van der Waals surface area contributed by atoms with Crippen LogP contribution in [0.2, 0.25) is 0 Å². The van der Waals surface area contributed by atoms with Crippen molar-refractivity contribution in [1.82, 2.24) is 10.3 Å². The number of ether oxygens (including phenoxy) is 1. The molecule has 0 saturated heterocycles. The first-order chi connectivity index (χ1) is 9.65. The lowest BCUT2D eigenvalue weighted by atomic mass is 10.2. The summed E-state index contributed by atoms with van der Waals surface area (Å²) in [4.78, 5) is 13.6. The van der Waals surface area contributed by atoms with Gasteiger partial charge in [-0.05, 0) is 18.6 Å². The number of aliphatic hydroxyl groups excluding tert-OH is 1. The minimum atomic E-state index is -0.597. The number of hydrogen-bond donors (Lipinski definition) is 3. The molecule has 0 aliphatic carbocycles. The maximum absolute atomic E-state index is 10.9. The Labute approximate surface area is 121 Å². The number of thiazole rings is 1. The fourth-order valence-corrected chi connectivity index (χ4v) is 2.32. The molecule has 20 heavy (non-hydrogen) atoms. The van der Waals surface area contributed by atoms with Gasteiger partial charge in [-0.15, -0.1) is 0 Å². The zero-order chi connectivity index (χ0) is 14.4. The van der Waals surface area contributed by atoms with Gasteiger partial charge in [0.1, 0.15) is 18.5 Å². The maximum atomic E-state index is 10.9. The van der Waals surface area contributed by atoms with Crippen LogP contribution < -0.4 is 14.9 Å². The lowest BCUT2D eigenvalue weighted by Crippen LogP contribution is -2.31. The number of nitrogens with one attached hydrogen (secondary N) is 2. The van der Waals surface area contributed by atoms with Crippen LogP contribution in [0.1, 0.15) is 11.3 Å². The highest BCUT2D eigenvalue weighted by Gasteiger charge is 2.06. The summed E-state index contributed by atoms with van der Waals surface area (Å²) in [6.45, 7) is 3.13. The van der Waals surface area contributed by atoms with E-state index >= 15 is 0 Å². The summed E-state index contributed by atoms with van der Waals surface area (Å²) in [6, 6.07) is 7.69. The smallest absolute Gasteiger partial charge is 0.304 e. The van der Waals surface area contributed by atoms with Crippen LogP contribution >= 0.6 is 11.3 Å². The molecule has 0 fully saturated rings. The summed E-state index contributed by atoms with van der Waals surface area (Å²) in [5.74, 6) is 0.786. The van der Waals surface area contributed by atoms with Crippen molar-refractivity contribution in [3.63, 3.8) is 0 Å². The van der Waals surface area contributed by atoms with Crippen LogP contribution in [0.5, 0.6) is 5.75 Å². The summed E-state index contributed by atoms with van der Waals surface area (Å²) < 4.78 is 5.56. The number of aliphatic hydroxyl groups is 1. The Morgan fingerprint density at radius 1 is 1.45 bits per heavy atom. The molecule has 2 rings (SSSR count). The van der Waals surface area contributed by atoms with E-state index in [4.69, 9.17) is 4.74 Å². The normalized spacial score (nSPS) is 12.3. The van der Waals surface area contributed by atoms with Gasteiger partial charge < -0.3 is 20.1 Å². The molecule has 108 valence electrons. The van der Waals surface area contributed by atoms with Crippen molar-refractivity contribution in [2.75, 3.05) is 13.2 Å². The molecule has 3 N–H and O–H groups in total. The number of hydrogen-bond acceptors (Lipinski definition) is 5. The summed E-state index contributed by atoms with van der Waals surface area (Å²) >= 11 is 1.13. The Hall–Kier alpha value is -1.63. The first-order valence-corrected chi connectivity index (χ1v) is 7.27. The molecule has 0 bridgehead atoms. The lowest BCUT2D eigenvalue weighted by Gasteiger charge is -2.14. The Balaban J connectivity index is 1.69. The zero-order valence-corrected chi connectivity index (χ0v) is 12.1. The molecule has 6 heteroatoms. The van der Waals surface area contributed by atoms with Crippen molar-refractivity contribution in [3.05, 3.63) is 50.6 Å². The molecule has 2 aromatic rings. The van der Waals surface area contributed by atoms with Crippen LogP contribution in [0.3, 0.4) is 0 Å². The number of aromatic amines is 1. The number of aryl methyl sites for hydroxylation is 1. The molecule has 0 aliphatic heterocycles. The summed E-state index contributed by atoms with van der Waals surface area (Å²) in [5, 5.41) is 14.7. The molecule has 1 atom stereocenters. The largest absolute Gasteiger partial charge is 0.491 e. The number of H-pyrrole nitrogens is 1. The molecule has 0 aliphatic rings. The molecule has 1 unspecified atom stereocenters. The van der Waals surface area contributed by atoms with Crippen molar-refractivity contribution in [3.8, 4) is 5.75 Å². The van der Waals surface area contributed by atoms with Crippen molar-refractivity contribution in [1.29, 1.82) is 0 Å². The quantitative estimate of drug-likeness (QED) is 0.719. The highest BCUT2D eigenvalue weighted by molar-refractivity contribution is 7.07. The Morgan fingerprint density at radius 2 is 2.25 bits per heavy atom. The Morgan fingerprint density at radius 3 is 2.95 bits per heavy atom. The van der Waals surface area contributed by atoms with E-state index in [2.05, 4.69) is 10.3 Å². The third-order valence-corrected chi connectivity index (χ3v) is 3.51. The number of aromatic nitrogens is 1. The van der Waals surface area contributed by atoms with Crippen LogP contribution in [-0.4, -0.2) is 29.3 Å². The third-order valence-electron chi connectivity index (χ3n) is 2.79. The first-order valence-electron chi connectivity index (χ1n) is 6.39. The molecule has 1 aromatic heterocycles. The van der Waals surface area contributed by atoms with E-state index in [1.54, 1.807) is 5.38 Å². The van der Waals surface area contributed by atoms with Crippen LogP contribution in [-0.2, 0) is 6.54 Å². The minimum Gasteiger partial charge on any atom is -0.491 e. The second-order valence-electron chi connectivity index (χ2n) is 4.53. The molecule has 1 heterocycles. The highest BCUT2D eigenvalue weighted by Crippen LogP contribution is 2.16. The average Bonchev–Trinajstić information content (AvgIpc) is 2.83. The van der Waals surface area contributed by atoms with E-state index in [1.807, 2.05) is 31.2 Å². The highest BCUT2D eigenvalue weighted by atomic mass is 32.1. The van der Waals surface area contributed by atoms with Crippen LogP contribution in [0.15, 0.2) is 34.4 Å². The fourth-order valence-electron chi connectivity index (χ4n) is 1.74. The monoisotopic (exact) mass is 294 g/mol. The molecule has 5 nitrogen and oxygen atoms in total. The number of para-hydroxylation sites is 1. The SMILES string of the molecule is Cc1ccccc1OCC(O)CNCc1csc(=O)[nH]1. The molecular weight excluding hydrogens is 276 g/mol. The van der Waals surface area contributed by atoms with E-state index in [1.165, 1.54) is 0 Å². The van der Waals surface area contributed by atoms with Crippen LogP contribution in [0.25, 0.3) is 0 Å². The topological polar surface area (TPSA) is 74.3 Å². The van der Waals surface area contributed by atoms with Gasteiger partial charge in [-0.1, -0.05) is 29.5 Å². The molecule has 0 radical (unpaired) electrons. The average molecular weight is 294 g/mol. The van der Waals surface area contributed by atoms with E-state index in [0.29, 0.717) is 13.1 Å². The van der Waals surface area contributed by atoms with Gasteiger partial charge >= 0.3 is 4.87 Å². The molecular formula is C14H18N2O3S. The van der Waals surface area contributed by atoms with E-state index in [-0.39, 0.29) is 11.5 Å². The summed E-state index contributed by atoms with van der Waals surface area (Å²) in [5.41, 5.74) is 1.87.